The maximum atomic E-state index is 14.0. The summed E-state index contributed by atoms with van der Waals surface area (Å²) in [5.74, 6) is -0.510. The van der Waals surface area contributed by atoms with Crippen LogP contribution in [0.4, 0.5) is 13.2 Å². The molecule has 5 nitrogen and oxygen atoms in total. The van der Waals surface area contributed by atoms with Crippen molar-refractivity contribution in [3.05, 3.63) is 93.7 Å². The van der Waals surface area contributed by atoms with Gasteiger partial charge in [-0.05, 0) is 72.9 Å². The number of rotatable bonds is 10. The van der Waals surface area contributed by atoms with E-state index in [-0.39, 0.29) is 30.0 Å². The Hall–Kier alpha value is -3.07. The third-order valence-electron chi connectivity index (χ3n) is 7.52. The van der Waals surface area contributed by atoms with Gasteiger partial charge in [0.1, 0.15) is 6.54 Å². The third kappa shape index (κ3) is 8.47. The first-order chi connectivity index (χ1) is 19.5. The second kappa shape index (κ2) is 13.7. The lowest BCUT2D eigenvalue weighted by Gasteiger charge is -2.36. The molecule has 1 fully saturated rings. The maximum absolute atomic E-state index is 14.0. The summed E-state index contributed by atoms with van der Waals surface area (Å²) >= 11 is 3.48. The fourth-order valence-corrected chi connectivity index (χ4v) is 5.68. The SMILES string of the molecule is CC(C)CN(CC(=O)N(Cc1cccn1Cc1ccc(Br)cc1)C1CCCCC1)C(=O)c1ccc(C(F)(F)F)cc1. The number of amides is 2. The van der Waals surface area contributed by atoms with Crippen molar-refractivity contribution in [2.24, 2.45) is 5.92 Å². The molecule has 0 aliphatic heterocycles. The van der Waals surface area contributed by atoms with Crippen LogP contribution in [0.3, 0.4) is 0 Å². The Balaban J connectivity index is 1.55. The molecule has 220 valence electrons. The van der Waals surface area contributed by atoms with Gasteiger partial charge >= 0.3 is 6.18 Å². The Morgan fingerprint density at radius 2 is 1.63 bits per heavy atom. The van der Waals surface area contributed by atoms with Gasteiger partial charge in [0, 0.05) is 41.1 Å². The number of alkyl halides is 3. The number of halogens is 4. The van der Waals surface area contributed by atoms with E-state index in [0.717, 1.165) is 60.0 Å². The zero-order valence-corrected chi connectivity index (χ0v) is 25.1. The number of hydrogen-bond donors (Lipinski definition) is 0. The molecule has 0 bridgehead atoms. The fourth-order valence-electron chi connectivity index (χ4n) is 5.42. The number of aromatic nitrogens is 1. The Bertz CT molecular complexity index is 1300. The quantitative estimate of drug-likeness (QED) is 0.229. The number of benzene rings is 2. The van der Waals surface area contributed by atoms with Crippen LogP contribution in [0.1, 0.15) is 73.1 Å². The van der Waals surface area contributed by atoms with Crippen LogP contribution in [0.25, 0.3) is 0 Å². The normalized spacial score (nSPS) is 14.3. The molecule has 1 aromatic heterocycles. The molecule has 0 N–H and O–H groups in total. The summed E-state index contributed by atoms with van der Waals surface area (Å²) in [5, 5.41) is 0. The molecule has 3 aromatic rings. The van der Waals surface area contributed by atoms with Crippen molar-refractivity contribution in [3.8, 4) is 0 Å². The summed E-state index contributed by atoms with van der Waals surface area (Å²) in [5.41, 5.74) is 1.48. The molecule has 1 aliphatic carbocycles. The van der Waals surface area contributed by atoms with E-state index in [1.54, 1.807) is 0 Å². The van der Waals surface area contributed by atoms with E-state index in [9.17, 15) is 22.8 Å². The monoisotopic (exact) mass is 631 g/mol. The summed E-state index contributed by atoms with van der Waals surface area (Å²) in [6.45, 7) is 5.20. The Labute approximate surface area is 248 Å². The van der Waals surface area contributed by atoms with Crippen LogP contribution in [0.2, 0.25) is 0 Å². The molecule has 0 atom stereocenters. The van der Waals surface area contributed by atoms with E-state index in [1.165, 1.54) is 17.0 Å². The number of carbonyl (C=O) groups excluding carboxylic acids is 2. The number of nitrogens with zero attached hydrogens (tertiary/aromatic N) is 3. The minimum atomic E-state index is -4.48. The van der Waals surface area contributed by atoms with Crippen LogP contribution in [-0.4, -0.2) is 45.3 Å². The number of carbonyl (C=O) groups is 2. The summed E-state index contributed by atoms with van der Waals surface area (Å²) < 4.78 is 42.3. The van der Waals surface area contributed by atoms with Crippen molar-refractivity contribution in [1.29, 1.82) is 0 Å². The summed E-state index contributed by atoms with van der Waals surface area (Å²) in [6.07, 6.45) is 2.60. The van der Waals surface area contributed by atoms with E-state index in [2.05, 4.69) is 32.6 Å². The number of hydrogen-bond acceptors (Lipinski definition) is 2. The highest BCUT2D eigenvalue weighted by Crippen LogP contribution is 2.29. The molecular formula is C32H37BrF3N3O2. The average Bonchev–Trinajstić information content (AvgIpc) is 3.38. The first-order valence-electron chi connectivity index (χ1n) is 14.2. The van der Waals surface area contributed by atoms with Gasteiger partial charge in [0.15, 0.2) is 0 Å². The summed E-state index contributed by atoms with van der Waals surface area (Å²) in [6, 6.07) is 16.4. The van der Waals surface area contributed by atoms with Crippen LogP contribution in [-0.2, 0) is 24.1 Å². The highest BCUT2D eigenvalue weighted by Gasteiger charge is 2.32. The van der Waals surface area contributed by atoms with Gasteiger partial charge in [-0.3, -0.25) is 9.59 Å². The Morgan fingerprint density at radius 1 is 0.976 bits per heavy atom. The van der Waals surface area contributed by atoms with Gasteiger partial charge in [0.25, 0.3) is 5.91 Å². The van der Waals surface area contributed by atoms with Gasteiger partial charge in [0.2, 0.25) is 5.91 Å². The lowest BCUT2D eigenvalue weighted by Crippen LogP contribution is -2.48. The topological polar surface area (TPSA) is 45.6 Å². The highest BCUT2D eigenvalue weighted by molar-refractivity contribution is 9.10. The fraction of sp³-hybridized carbons (Fsp3) is 0.438. The maximum Gasteiger partial charge on any atom is 0.416 e. The largest absolute Gasteiger partial charge is 0.416 e. The third-order valence-corrected chi connectivity index (χ3v) is 8.04. The minimum Gasteiger partial charge on any atom is -0.345 e. The second-order valence-corrected chi connectivity index (χ2v) is 12.1. The summed E-state index contributed by atoms with van der Waals surface area (Å²) in [4.78, 5) is 30.8. The first kappa shape index (κ1) is 30.9. The van der Waals surface area contributed by atoms with Gasteiger partial charge in [-0.15, -0.1) is 0 Å². The molecule has 2 amide bonds. The molecule has 0 unspecified atom stereocenters. The molecule has 0 radical (unpaired) electrons. The molecule has 41 heavy (non-hydrogen) atoms. The molecule has 0 spiro atoms. The van der Waals surface area contributed by atoms with Crippen molar-refractivity contribution >= 4 is 27.7 Å². The van der Waals surface area contributed by atoms with Gasteiger partial charge < -0.3 is 14.4 Å². The smallest absolute Gasteiger partial charge is 0.345 e. The van der Waals surface area contributed by atoms with Crippen LogP contribution in [0, 0.1) is 5.92 Å². The van der Waals surface area contributed by atoms with Crippen molar-refractivity contribution in [2.75, 3.05) is 13.1 Å². The molecule has 4 rings (SSSR count). The van der Waals surface area contributed by atoms with Crippen molar-refractivity contribution in [3.63, 3.8) is 0 Å². The van der Waals surface area contributed by atoms with E-state index < -0.39 is 17.6 Å². The minimum absolute atomic E-state index is 0.0764. The lowest BCUT2D eigenvalue weighted by atomic mass is 9.94. The first-order valence-corrected chi connectivity index (χ1v) is 14.9. The van der Waals surface area contributed by atoms with E-state index in [4.69, 9.17) is 0 Å². The van der Waals surface area contributed by atoms with E-state index >= 15 is 0 Å². The van der Waals surface area contributed by atoms with E-state index in [1.807, 2.05) is 49.2 Å². The zero-order valence-electron chi connectivity index (χ0n) is 23.5. The molecule has 1 saturated carbocycles. The van der Waals surface area contributed by atoms with Crippen LogP contribution in [0.5, 0.6) is 0 Å². The van der Waals surface area contributed by atoms with Gasteiger partial charge in [-0.1, -0.05) is 61.2 Å². The van der Waals surface area contributed by atoms with Gasteiger partial charge in [0.05, 0.1) is 12.1 Å². The van der Waals surface area contributed by atoms with Crippen LogP contribution >= 0.6 is 15.9 Å². The standard InChI is InChI=1S/C32H37BrF3N3O2/c1-23(2)19-38(31(41)25-12-14-26(15-13-25)32(34,35)36)22-30(40)39(28-7-4-3-5-8-28)21-29-9-6-18-37(29)20-24-10-16-27(33)17-11-24/h6,9-18,23,28H,3-5,7-8,19-22H2,1-2H3. The van der Waals surface area contributed by atoms with Crippen molar-refractivity contribution in [2.45, 2.75) is 71.3 Å². The Morgan fingerprint density at radius 3 is 2.24 bits per heavy atom. The summed E-state index contributed by atoms with van der Waals surface area (Å²) in [7, 11) is 0. The molecule has 1 aliphatic rings. The van der Waals surface area contributed by atoms with Gasteiger partial charge in [-0.25, -0.2) is 0 Å². The van der Waals surface area contributed by atoms with Crippen LogP contribution < -0.4 is 0 Å². The second-order valence-electron chi connectivity index (χ2n) is 11.2. The molecule has 2 aromatic carbocycles. The van der Waals surface area contributed by atoms with E-state index in [0.29, 0.717) is 19.6 Å². The molecule has 9 heteroatoms. The predicted octanol–water partition coefficient (Wildman–Crippen LogP) is 7.78. The molecule has 0 saturated heterocycles. The predicted molar refractivity (Wildman–Crippen MR) is 157 cm³/mol. The van der Waals surface area contributed by atoms with Gasteiger partial charge in [-0.2, -0.15) is 13.2 Å². The lowest BCUT2D eigenvalue weighted by molar-refractivity contribution is -0.137. The molecule has 1 heterocycles. The zero-order chi connectivity index (χ0) is 29.6. The van der Waals surface area contributed by atoms with Crippen molar-refractivity contribution < 1.29 is 22.8 Å². The highest BCUT2D eigenvalue weighted by atomic mass is 79.9. The van der Waals surface area contributed by atoms with Crippen LogP contribution in [0.15, 0.2) is 71.3 Å². The Kier molecular flexibility index (Phi) is 10.3. The molecular weight excluding hydrogens is 595 g/mol. The average molecular weight is 633 g/mol. The van der Waals surface area contributed by atoms with Crippen molar-refractivity contribution in [1.82, 2.24) is 14.4 Å².